The van der Waals surface area contributed by atoms with E-state index in [0.29, 0.717) is 61.3 Å². The van der Waals surface area contributed by atoms with Crippen molar-refractivity contribution in [3.63, 3.8) is 0 Å². The van der Waals surface area contributed by atoms with E-state index in [9.17, 15) is 28.8 Å². The minimum atomic E-state index is -1.45. The second kappa shape index (κ2) is 17.8. The second-order valence-electron chi connectivity index (χ2n) is 14.9. The maximum Gasteiger partial charge on any atom is 0.329 e. The van der Waals surface area contributed by atoms with Crippen LogP contribution in [0.3, 0.4) is 0 Å². The first-order valence-corrected chi connectivity index (χ1v) is 18.6. The fraction of sp³-hybridized carbons (Fsp3) is 0.512. The Morgan fingerprint density at radius 2 is 1.65 bits per heavy atom. The lowest BCUT2D eigenvalue weighted by molar-refractivity contribution is -0.165. The topological polar surface area (TPSA) is 167 Å². The largest absolute Gasteiger partial charge is 0.493 e. The van der Waals surface area contributed by atoms with E-state index < -0.39 is 71.7 Å². The van der Waals surface area contributed by atoms with Crippen LogP contribution in [0.25, 0.3) is 0 Å². The molecule has 3 aliphatic heterocycles. The molecule has 2 fully saturated rings. The Balaban J connectivity index is 1.48. The van der Waals surface area contributed by atoms with Crippen LogP contribution in [0.2, 0.25) is 0 Å². The van der Waals surface area contributed by atoms with Crippen molar-refractivity contribution in [2.24, 2.45) is 5.41 Å². The normalized spacial score (nSPS) is 24.5. The van der Waals surface area contributed by atoms with Crippen molar-refractivity contribution in [2.75, 3.05) is 40.5 Å². The number of carbonyl (C=O) groups is 6. The summed E-state index contributed by atoms with van der Waals surface area (Å²) in [6.45, 7) is 7.98. The van der Waals surface area contributed by atoms with Crippen LogP contribution in [0.4, 0.5) is 0 Å². The molecule has 2 aromatic carbocycles. The van der Waals surface area contributed by atoms with E-state index in [2.05, 4.69) is 11.9 Å². The van der Waals surface area contributed by atoms with Gasteiger partial charge in [-0.25, -0.2) is 9.59 Å². The van der Waals surface area contributed by atoms with Crippen molar-refractivity contribution >= 4 is 35.4 Å². The lowest BCUT2D eigenvalue weighted by Gasteiger charge is -2.36. The molecule has 3 aliphatic rings. The van der Waals surface area contributed by atoms with Crippen LogP contribution in [0.15, 0.2) is 54.6 Å². The minimum Gasteiger partial charge on any atom is -0.493 e. The third kappa shape index (κ3) is 9.83. The molecule has 1 N–H and O–H groups in total. The number of nitrogens with one attached hydrogen (secondary N) is 1. The summed E-state index contributed by atoms with van der Waals surface area (Å²) in [7, 11) is 3.10. The third-order valence-corrected chi connectivity index (χ3v) is 10.3. The van der Waals surface area contributed by atoms with Gasteiger partial charge in [-0.2, -0.15) is 0 Å². The highest BCUT2D eigenvalue weighted by Gasteiger charge is 2.43. The van der Waals surface area contributed by atoms with Crippen LogP contribution in [-0.4, -0.2) is 104 Å². The van der Waals surface area contributed by atoms with Gasteiger partial charge in [0.2, 0.25) is 11.7 Å². The number of carbonyl (C=O) groups excluding carboxylic acids is 6. The number of amides is 3. The zero-order chi connectivity index (χ0) is 39.9. The van der Waals surface area contributed by atoms with Gasteiger partial charge >= 0.3 is 11.9 Å². The third-order valence-electron chi connectivity index (χ3n) is 10.3. The van der Waals surface area contributed by atoms with Gasteiger partial charge in [-0.15, -0.1) is 0 Å². The van der Waals surface area contributed by atoms with E-state index in [0.717, 1.165) is 11.1 Å². The van der Waals surface area contributed by atoms with Gasteiger partial charge < -0.3 is 38.8 Å². The summed E-state index contributed by atoms with van der Waals surface area (Å²) in [5, 5.41) is 2.63. The predicted octanol–water partition coefficient (Wildman–Crippen LogP) is 3.88. The first-order valence-electron chi connectivity index (χ1n) is 18.6. The summed E-state index contributed by atoms with van der Waals surface area (Å²) in [6.07, 6.45) is 2.19. The Hall–Kier alpha value is -5.40. The highest BCUT2D eigenvalue weighted by molar-refractivity contribution is 6.38. The molecule has 14 heteroatoms. The van der Waals surface area contributed by atoms with Crippen LogP contribution >= 0.6 is 0 Å². The Morgan fingerprint density at radius 1 is 0.891 bits per heavy atom. The Bertz CT molecular complexity index is 1810. The van der Waals surface area contributed by atoms with Crippen molar-refractivity contribution in [3.05, 3.63) is 65.7 Å². The van der Waals surface area contributed by atoms with E-state index >= 15 is 0 Å². The average Bonchev–Trinajstić information content (AvgIpc) is 3.19. The van der Waals surface area contributed by atoms with Crippen molar-refractivity contribution in [1.29, 1.82) is 0 Å². The van der Waals surface area contributed by atoms with Crippen LogP contribution in [-0.2, 0) is 44.7 Å². The number of methoxy groups -OCH3 is 2. The van der Waals surface area contributed by atoms with Gasteiger partial charge in [-0.3, -0.25) is 19.2 Å². The second-order valence-corrected chi connectivity index (χ2v) is 14.9. The fourth-order valence-electron chi connectivity index (χ4n) is 6.98. The molecule has 0 saturated carbocycles. The number of benzene rings is 2. The number of rotatable bonds is 5. The first-order chi connectivity index (χ1) is 26.2. The fourth-order valence-corrected chi connectivity index (χ4v) is 6.98. The van der Waals surface area contributed by atoms with Gasteiger partial charge in [0.1, 0.15) is 36.6 Å². The maximum atomic E-state index is 14.1. The molecule has 0 spiro atoms. The predicted molar refractivity (Wildman–Crippen MR) is 199 cm³/mol. The number of ether oxygens (including phenoxy) is 5. The number of ketones is 1. The molecule has 55 heavy (non-hydrogen) atoms. The number of fused-ring (bicyclic) bond motifs is 4. The average molecular weight is 762 g/mol. The molecular weight excluding hydrogens is 710 g/mol. The molecular formula is C41H51N3O11. The van der Waals surface area contributed by atoms with Gasteiger partial charge in [0, 0.05) is 13.1 Å². The van der Waals surface area contributed by atoms with Crippen molar-refractivity contribution in [3.8, 4) is 17.2 Å². The van der Waals surface area contributed by atoms with Crippen molar-refractivity contribution in [1.82, 2.24) is 15.1 Å². The van der Waals surface area contributed by atoms with E-state index in [1.54, 1.807) is 44.6 Å². The monoisotopic (exact) mass is 761 g/mol. The highest BCUT2D eigenvalue weighted by atomic mass is 16.5. The molecule has 5 rings (SSSR count). The van der Waals surface area contributed by atoms with Crippen LogP contribution in [0.1, 0.15) is 76.5 Å². The number of piperidine rings is 2. The molecule has 0 aliphatic carbocycles. The Morgan fingerprint density at radius 3 is 2.40 bits per heavy atom. The summed E-state index contributed by atoms with van der Waals surface area (Å²) >= 11 is 0. The SMILES string of the molecule is C=C1CCN2C(=O)COc3cccc(c3)[C@@H](CCc3ccc(OC)c(OC)c3)OC(=O)[C@@H]3CCCCN3C(=O)C(=O)C(C)(C)COC(=O)[C@H](C)NC(=O)[C@H]2C1. The molecule has 0 aromatic heterocycles. The number of nitrogens with zero attached hydrogens (tertiary/aromatic N) is 2. The molecule has 4 atom stereocenters. The lowest BCUT2D eigenvalue weighted by atomic mass is 9.87. The molecule has 3 heterocycles. The Labute approximate surface area is 321 Å². The molecule has 2 saturated heterocycles. The molecule has 14 nitrogen and oxygen atoms in total. The summed E-state index contributed by atoms with van der Waals surface area (Å²) in [5.41, 5.74) is 0.815. The maximum absolute atomic E-state index is 14.1. The summed E-state index contributed by atoms with van der Waals surface area (Å²) < 4.78 is 28.5. The molecule has 3 amide bonds. The van der Waals surface area contributed by atoms with E-state index in [-0.39, 0.29) is 26.1 Å². The summed E-state index contributed by atoms with van der Waals surface area (Å²) in [4.78, 5) is 84.3. The molecule has 0 unspecified atom stereocenters. The summed E-state index contributed by atoms with van der Waals surface area (Å²) in [6, 6.07) is 9.32. The summed E-state index contributed by atoms with van der Waals surface area (Å²) in [5.74, 6) is -2.73. The van der Waals surface area contributed by atoms with Crippen LogP contribution in [0.5, 0.6) is 17.2 Å². The van der Waals surface area contributed by atoms with E-state index in [1.807, 2.05) is 12.1 Å². The van der Waals surface area contributed by atoms with Gasteiger partial charge in [-0.05, 0) is 101 Å². The zero-order valence-corrected chi connectivity index (χ0v) is 32.2. The van der Waals surface area contributed by atoms with E-state index in [1.165, 1.54) is 30.6 Å². The molecule has 0 radical (unpaired) electrons. The van der Waals surface area contributed by atoms with Crippen LogP contribution in [0, 0.1) is 5.41 Å². The van der Waals surface area contributed by atoms with E-state index in [4.69, 9.17) is 23.7 Å². The number of esters is 2. The minimum absolute atomic E-state index is 0.168. The van der Waals surface area contributed by atoms with Crippen molar-refractivity contribution in [2.45, 2.75) is 89.9 Å². The molecule has 2 aromatic rings. The number of aryl methyl sites for hydroxylation is 1. The zero-order valence-electron chi connectivity index (χ0n) is 32.2. The van der Waals surface area contributed by atoms with Gasteiger partial charge in [-0.1, -0.05) is 30.4 Å². The van der Waals surface area contributed by atoms with Crippen LogP contribution < -0.4 is 19.5 Å². The number of cyclic esters (lactones) is 2. The van der Waals surface area contributed by atoms with Gasteiger partial charge in [0.15, 0.2) is 18.1 Å². The molecule has 296 valence electrons. The van der Waals surface area contributed by atoms with Gasteiger partial charge in [0.05, 0.1) is 19.6 Å². The quantitative estimate of drug-likeness (QED) is 0.267. The highest BCUT2D eigenvalue weighted by Crippen LogP contribution is 2.33. The standard InChI is InChI=1S/C41H51N3O11/c1-25-17-19-43-31(20-25)37(47)42-26(2)39(49)54-24-41(3,4)36(46)38(48)44-18-8-7-12-30(44)40(50)55-32(28-10-9-11-29(22-28)53-23-35(43)45)15-13-27-14-16-33(51-5)34(21-27)52-6/h9-11,14,16,21-22,26,30-32H,1,7-8,12-13,15,17-20,23-24H2,2-6H3,(H,42,47)/t26-,30-,31+,32+/m0/s1. The number of Topliss-reactive ketones (excluding diaryl/α,β-unsaturated/α-hetero) is 1. The number of hydrogen-bond donors (Lipinski definition) is 1. The molecule has 2 bridgehead atoms. The lowest BCUT2D eigenvalue weighted by Crippen LogP contribution is -2.56. The number of hydrogen-bond acceptors (Lipinski definition) is 11. The van der Waals surface area contributed by atoms with Gasteiger partial charge in [0.25, 0.3) is 11.8 Å². The van der Waals surface area contributed by atoms with Crippen molar-refractivity contribution < 1.29 is 52.5 Å². The Kier molecular flexibility index (Phi) is 13.2. The first kappa shape index (κ1) is 40.8. The smallest absolute Gasteiger partial charge is 0.329 e.